The van der Waals surface area contributed by atoms with Crippen molar-refractivity contribution in [1.82, 2.24) is 14.8 Å². The monoisotopic (exact) mass is 594 g/mol. The third-order valence-corrected chi connectivity index (χ3v) is 11.4. The van der Waals surface area contributed by atoms with Gasteiger partial charge in [0.25, 0.3) is 0 Å². The third kappa shape index (κ3) is 3.09. The molecule has 0 N–H and O–H groups in total. The number of carbonyl (C=O) groups is 2. The zero-order valence-corrected chi connectivity index (χ0v) is 24.8. The first-order valence-electron chi connectivity index (χ1n) is 12.3. The summed E-state index contributed by atoms with van der Waals surface area (Å²) in [5.74, 6) is -0.202. The second-order valence-electron chi connectivity index (χ2n) is 11.1. The molecule has 0 bridgehead atoms. The van der Waals surface area contributed by atoms with E-state index >= 15 is 4.39 Å². The number of carbonyl (C=O) groups excluding carboxylic acids is 2. The van der Waals surface area contributed by atoms with Crippen molar-refractivity contribution in [3.63, 3.8) is 0 Å². The van der Waals surface area contributed by atoms with Gasteiger partial charge in [0.15, 0.2) is 0 Å². The molecular weight excluding hydrogens is 566 g/mol. The Morgan fingerprint density at radius 1 is 0.947 bits per heavy atom. The number of hydrogen-bond donors (Lipinski definition) is 0. The van der Waals surface area contributed by atoms with Crippen molar-refractivity contribution in [3.8, 4) is 0 Å². The molecule has 6 rings (SSSR count). The molecule has 9 heteroatoms. The van der Waals surface area contributed by atoms with Gasteiger partial charge in [-0.3, -0.25) is 0 Å². The predicted octanol–water partition coefficient (Wildman–Crippen LogP) is 5.01. The molecule has 1 saturated heterocycles. The summed E-state index contributed by atoms with van der Waals surface area (Å²) in [7, 11) is 3.18. The second kappa shape index (κ2) is 7.94. The van der Waals surface area contributed by atoms with Crippen LogP contribution < -0.4 is 4.90 Å². The number of amides is 2. The van der Waals surface area contributed by atoms with Crippen LogP contribution in [0.1, 0.15) is 61.3 Å². The number of hydrogen-bond acceptors (Lipinski definition) is 5. The quantitative estimate of drug-likeness (QED) is 0.172. The number of nitrogens with zero attached hydrogens (tertiary/aromatic N) is 4. The molecule has 0 aliphatic carbocycles. The molecule has 0 unspecified atom stereocenters. The van der Waals surface area contributed by atoms with Gasteiger partial charge in [-0.25, -0.2) is 0 Å². The van der Waals surface area contributed by atoms with E-state index < -0.39 is 22.6 Å². The van der Waals surface area contributed by atoms with Gasteiger partial charge in [-0.1, -0.05) is 0 Å². The maximum absolute atomic E-state index is 15.2. The number of fused-ring (bicyclic) bond motifs is 4. The number of anilines is 3. The Kier molecular flexibility index (Phi) is 5.26. The summed E-state index contributed by atoms with van der Waals surface area (Å²) in [6, 6.07) is 9.38. The fourth-order valence-corrected chi connectivity index (χ4v) is 8.86. The van der Waals surface area contributed by atoms with Crippen molar-refractivity contribution in [1.29, 1.82) is 0 Å². The Hall–Kier alpha value is -3.13. The molecule has 6 nitrogen and oxygen atoms in total. The van der Waals surface area contributed by atoms with E-state index in [-0.39, 0.29) is 31.0 Å². The molecule has 0 atom stereocenters. The molecule has 2 amide bonds. The zero-order chi connectivity index (χ0) is 27.5. The summed E-state index contributed by atoms with van der Waals surface area (Å²) in [6.07, 6.45) is 1.79. The molecule has 3 aliphatic rings. The number of halogens is 1. The Bertz CT molecular complexity index is 1630. The van der Waals surface area contributed by atoms with Crippen molar-refractivity contribution in [2.45, 2.75) is 45.4 Å². The number of thiocarbonyl (C=S) groups is 1. The standard InChI is InChI=1S/C29H27FN4O2SSe/c1-14(21-24(35)32(6)27(37)33(7)25(21)36)20-13-19-26(38-20)34-22-17(11-15(30)12-18(22)29(19,4)5)28(2,3)16-9-8-10-31-23(16)34/h8-13H,1-7H3. The fraction of sp³-hybridized carbons (Fsp3) is 0.310. The first-order chi connectivity index (χ1) is 17.8. The number of likely N-dealkylation sites (N-methyl/N-ethyl adjacent to an activating group) is 2. The molecule has 3 aliphatic heterocycles. The number of rotatable bonds is 1. The zero-order valence-electron chi connectivity index (χ0n) is 22.3. The maximum atomic E-state index is 15.2. The van der Waals surface area contributed by atoms with Gasteiger partial charge in [-0.2, -0.15) is 0 Å². The van der Waals surface area contributed by atoms with Gasteiger partial charge in [0, 0.05) is 0 Å². The van der Waals surface area contributed by atoms with Crippen LogP contribution in [0.5, 0.6) is 0 Å². The number of pyridine rings is 1. The summed E-state index contributed by atoms with van der Waals surface area (Å²) in [6.45, 7) is 10.3. The molecule has 0 spiro atoms. The van der Waals surface area contributed by atoms with Gasteiger partial charge in [-0.15, -0.1) is 0 Å². The van der Waals surface area contributed by atoms with Crippen LogP contribution in [0.2, 0.25) is 0 Å². The first-order valence-corrected chi connectivity index (χ1v) is 14.5. The predicted molar refractivity (Wildman–Crippen MR) is 151 cm³/mol. The fourth-order valence-electron chi connectivity index (χ4n) is 5.90. The summed E-state index contributed by atoms with van der Waals surface area (Å²) < 4.78 is 17.2. The topological polar surface area (TPSA) is 56.8 Å². The summed E-state index contributed by atoms with van der Waals surface area (Å²) in [4.78, 5) is 36.1. The van der Waals surface area contributed by atoms with E-state index in [9.17, 15) is 9.59 Å². The second-order valence-corrected chi connectivity index (χ2v) is 13.7. The number of aromatic nitrogens is 1. The van der Waals surface area contributed by atoms with Gasteiger partial charge in [-0.05, 0) is 0 Å². The van der Waals surface area contributed by atoms with E-state index in [0.29, 0.717) is 5.57 Å². The average molecular weight is 594 g/mol. The van der Waals surface area contributed by atoms with Crippen LogP contribution >= 0.6 is 12.2 Å². The summed E-state index contributed by atoms with van der Waals surface area (Å²) in [5, 5.41) is 0.185. The minimum atomic E-state index is -0.495. The van der Waals surface area contributed by atoms with E-state index in [1.54, 1.807) is 32.4 Å². The van der Waals surface area contributed by atoms with Crippen LogP contribution in [0.3, 0.4) is 0 Å². The van der Waals surface area contributed by atoms with Crippen molar-refractivity contribution >= 4 is 65.3 Å². The van der Waals surface area contributed by atoms with E-state index in [1.807, 2.05) is 13.0 Å². The summed E-state index contributed by atoms with van der Waals surface area (Å²) in [5.41, 5.74) is 4.77. The van der Waals surface area contributed by atoms with Crippen LogP contribution in [0.4, 0.5) is 20.5 Å². The van der Waals surface area contributed by atoms with Gasteiger partial charge in [0.1, 0.15) is 0 Å². The molecule has 1 aromatic carbocycles. The molecule has 1 fully saturated rings. The van der Waals surface area contributed by atoms with Crippen LogP contribution in [0.25, 0.3) is 5.57 Å². The molecule has 194 valence electrons. The number of benzene rings is 1. The van der Waals surface area contributed by atoms with Crippen molar-refractivity contribution in [3.05, 3.63) is 74.6 Å². The third-order valence-electron chi connectivity index (χ3n) is 8.26. The molecule has 38 heavy (non-hydrogen) atoms. The Labute approximate surface area is 232 Å². The summed E-state index contributed by atoms with van der Waals surface area (Å²) >= 11 is 5.04. The Morgan fingerprint density at radius 2 is 1.53 bits per heavy atom. The van der Waals surface area contributed by atoms with Crippen molar-refractivity contribution < 1.29 is 14.0 Å². The van der Waals surface area contributed by atoms with E-state index in [2.05, 4.69) is 44.7 Å². The van der Waals surface area contributed by atoms with E-state index in [1.165, 1.54) is 9.80 Å². The van der Waals surface area contributed by atoms with Gasteiger partial charge in [0.05, 0.1) is 0 Å². The minimum absolute atomic E-state index is 0.136. The van der Waals surface area contributed by atoms with Crippen molar-refractivity contribution in [2.75, 3.05) is 19.0 Å². The first kappa shape index (κ1) is 25.2. The van der Waals surface area contributed by atoms with Gasteiger partial charge < -0.3 is 0 Å². The average Bonchev–Trinajstić information content (AvgIpc) is 3.33. The van der Waals surface area contributed by atoms with Crippen LogP contribution in [-0.2, 0) is 20.4 Å². The van der Waals surface area contributed by atoms with E-state index in [4.69, 9.17) is 17.2 Å². The Morgan fingerprint density at radius 3 is 2.13 bits per heavy atom. The van der Waals surface area contributed by atoms with E-state index in [0.717, 1.165) is 42.8 Å². The SMILES string of the molecule is CC(=C1C(=O)N(C)C(=S)N(C)C1=O)c1cc2c([se]1)N1c3ncccc3C(C)(C)c3cc(F)cc(c31)C2(C)C. The van der Waals surface area contributed by atoms with Gasteiger partial charge >= 0.3 is 233 Å². The Balaban J connectivity index is 1.64. The van der Waals surface area contributed by atoms with Crippen LogP contribution in [0, 0.1) is 5.82 Å². The normalized spacial score (nSPS) is 18.9. The molecule has 3 aromatic rings. The van der Waals surface area contributed by atoms with Gasteiger partial charge in [0.2, 0.25) is 0 Å². The van der Waals surface area contributed by atoms with Crippen molar-refractivity contribution in [2.24, 2.45) is 0 Å². The molecule has 0 radical (unpaired) electrons. The molecule has 0 saturated carbocycles. The molecule has 5 heterocycles. The van der Waals surface area contributed by atoms with Crippen LogP contribution in [-0.4, -0.2) is 60.3 Å². The molecular formula is C29H27FN4O2SSe. The number of allylic oxidation sites excluding steroid dienone is 1. The van der Waals surface area contributed by atoms with Crippen LogP contribution in [0.15, 0.2) is 42.1 Å². The molecule has 2 aromatic heterocycles.